The third kappa shape index (κ3) is 2.75. The zero-order valence-corrected chi connectivity index (χ0v) is 10.4. The van der Waals surface area contributed by atoms with E-state index in [0.717, 1.165) is 29.4 Å². The molecule has 0 aliphatic rings. The Kier molecular flexibility index (Phi) is 3.27. The maximum Gasteiger partial charge on any atom is 0.152 e. The summed E-state index contributed by atoms with van der Waals surface area (Å²) in [6.07, 6.45) is 3.59. The van der Waals surface area contributed by atoms with Crippen LogP contribution in [0.2, 0.25) is 0 Å². The smallest absolute Gasteiger partial charge is 0.152 e. The highest BCUT2D eigenvalue weighted by Crippen LogP contribution is 2.18. The summed E-state index contributed by atoms with van der Waals surface area (Å²) in [5.74, 6) is 0.834. The minimum Gasteiger partial charge on any atom is -0.384 e. The quantitative estimate of drug-likeness (QED) is 0.847. The van der Waals surface area contributed by atoms with Gasteiger partial charge in [-0.25, -0.2) is 0 Å². The molecule has 2 rings (SSSR count). The van der Waals surface area contributed by atoms with Gasteiger partial charge in [0.1, 0.15) is 0 Å². The summed E-state index contributed by atoms with van der Waals surface area (Å²) in [5, 5.41) is 10.8. The van der Waals surface area contributed by atoms with Gasteiger partial charge in [-0.15, -0.1) is 0 Å². The number of anilines is 3. The summed E-state index contributed by atoms with van der Waals surface area (Å²) in [6.45, 7) is 4.96. The molecule has 2 heterocycles. The van der Waals surface area contributed by atoms with E-state index in [4.69, 9.17) is 0 Å². The van der Waals surface area contributed by atoms with Crippen molar-refractivity contribution in [3.05, 3.63) is 30.2 Å². The predicted octanol–water partition coefficient (Wildman–Crippen LogP) is 2.30. The van der Waals surface area contributed by atoms with Crippen LogP contribution in [0.5, 0.6) is 0 Å². The summed E-state index contributed by atoms with van der Waals surface area (Å²) in [4.78, 5) is 4.17. The molecule has 0 aromatic carbocycles. The average Bonchev–Trinajstić information content (AvgIpc) is 2.59. The molecule has 0 unspecified atom stereocenters. The second kappa shape index (κ2) is 4.86. The fourth-order valence-electron chi connectivity index (χ4n) is 1.58. The van der Waals surface area contributed by atoms with Crippen LogP contribution >= 0.6 is 0 Å². The molecule has 0 radical (unpaired) electrons. The third-order valence-corrected chi connectivity index (χ3v) is 2.51. The Balaban J connectivity index is 2.15. The Bertz CT molecular complexity index is 484. The van der Waals surface area contributed by atoms with Crippen molar-refractivity contribution in [3.8, 4) is 0 Å². The SMILES string of the molecule is CCNc1cncc(Nc2cc(C)n(C)n2)c1. The molecule has 0 fully saturated rings. The van der Waals surface area contributed by atoms with Gasteiger partial charge in [-0.1, -0.05) is 0 Å². The van der Waals surface area contributed by atoms with Crippen LogP contribution in [0.3, 0.4) is 0 Å². The van der Waals surface area contributed by atoms with Gasteiger partial charge in [-0.2, -0.15) is 5.10 Å². The fourth-order valence-corrected chi connectivity index (χ4v) is 1.58. The van der Waals surface area contributed by atoms with Gasteiger partial charge in [0.15, 0.2) is 5.82 Å². The number of nitrogens with zero attached hydrogens (tertiary/aromatic N) is 3. The van der Waals surface area contributed by atoms with Gasteiger partial charge >= 0.3 is 0 Å². The highest BCUT2D eigenvalue weighted by Gasteiger charge is 2.02. The minimum atomic E-state index is 0.834. The van der Waals surface area contributed by atoms with Gasteiger partial charge in [-0.3, -0.25) is 9.67 Å². The van der Waals surface area contributed by atoms with E-state index >= 15 is 0 Å². The molecule has 0 amide bonds. The Hall–Kier alpha value is -2.04. The molecule has 90 valence electrons. The number of pyridine rings is 1. The van der Waals surface area contributed by atoms with Crippen LogP contribution in [-0.2, 0) is 7.05 Å². The molecule has 2 N–H and O–H groups in total. The molecule has 5 nitrogen and oxygen atoms in total. The number of aromatic nitrogens is 3. The van der Waals surface area contributed by atoms with Crippen LogP contribution in [0.15, 0.2) is 24.5 Å². The van der Waals surface area contributed by atoms with Crippen LogP contribution in [0.4, 0.5) is 17.2 Å². The Morgan fingerprint density at radius 2 is 2.00 bits per heavy atom. The third-order valence-electron chi connectivity index (χ3n) is 2.51. The summed E-state index contributed by atoms with van der Waals surface area (Å²) >= 11 is 0. The molecule has 2 aromatic rings. The van der Waals surface area contributed by atoms with E-state index in [2.05, 4.69) is 27.6 Å². The molecule has 0 saturated carbocycles. The first kappa shape index (κ1) is 11.4. The summed E-state index contributed by atoms with van der Waals surface area (Å²) in [7, 11) is 1.92. The maximum absolute atomic E-state index is 4.34. The van der Waals surface area contributed by atoms with Crippen molar-refractivity contribution >= 4 is 17.2 Å². The Labute approximate surface area is 101 Å². The highest BCUT2D eigenvalue weighted by molar-refractivity contribution is 5.60. The second-order valence-corrected chi connectivity index (χ2v) is 3.91. The lowest BCUT2D eigenvalue weighted by Gasteiger charge is -2.06. The van der Waals surface area contributed by atoms with Crippen molar-refractivity contribution < 1.29 is 0 Å². The lowest BCUT2D eigenvalue weighted by Crippen LogP contribution is -1.99. The van der Waals surface area contributed by atoms with Crippen molar-refractivity contribution in [1.29, 1.82) is 0 Å². The summed E-state index contributed by atoms with van der Waals surface area (Å²) < 4.78 is 1.84. The van der Waals surface area contributed by atoms with E-state index in [1.165, 1.54) is 0 Å². The van der Waals surface area contributed by atoms with Crippen molar-refractivity contribution in [2.75, 3.05) is 17.2 Å². The highest BCUT2D eigenvalue weighted by atomic mass is 15.3. The van der Waals surface area contributed by atoms with Gasteiger partial charge in [0.25, 0.3) is 0 Å². The van der Waals surface area contributed by atoms with Crippen LogP contribution in [0.1, 0.15) is 12.6 Å². The van der Waals surface area contributed by atoms with Crippen molar-refractivity contribution in [2.45, 2.75) is 13.8 Å². The predicted molar refractivity (Wildman–Crippen MR) is 69.6 cm³/mol. The molecule has 17 heavy (non-hydrogen) atoms. The second-order valence-electron chi connectivity index (χ2n) is 3.91. The molecule has 0 saturated heterocycles. The molecule has 0 bridgehead atoms. The Morgan fingerprint density at radius 3 is 2.65 bits per heavy atom. The number of nitrogens with one attached hydrogen (secondary N) is 2. The zero-order chi connectivity index (χ0) is 12.3. The monoisotopic (exact) mass is 231 g/mol. The standard InChI is InChI=1S/C12H17N5/c1-4-14-10-6-11(8-13-7-10)15-12-5-9(2)17(3)16-12/h5-8,14H,4H2,1-3H3,(H,15,16). The largest absolute Gasteiger partial charge is 0.384 e. The molecule has 0 aliphatic heterocycles. The maximum atomic E-state index is 4.34. The van der Waals surface area contributed by atoms with Gasteiger partial charge < -0.3 is 10.6 Å². The number of hydrogen-bond acceptors (Lipinski definition) is 4. The molecular weight excluding hydrogens is 214 g/mol. The van der Waals surface area contributed by atoms with Gasteiger partial charge in [0.05, 0.1) is 23.8 Å². The zero-order valence-electron chi connectivity index (χ0n) is 10.4. The first-order valence-corrected chi connectivity index (χ1v) is 5.65. The minimum absolute atomic E-state index is 0.834. The first-order chi connectivity index (χ1) is 8.19. The van der Waals surface area contributed by atoms with Crippen LogP contribution in [-0.4, -0.2) is 21.3 Å². The topological polar surface area (TPSA) is 54.8 Å². The van der Waals surface area contributed by atoms with Crippen LogP contribution in [0, 0.1) is 6.92 Å². The molecule has 2 aromatic heterocycles. The molecule has 0 atom stereocenters. The molecular formula is C12H17N5. The van der Waals surface area contributed by atoms with Crippen LogP contribution < -0.4 is 10.6 Å². The number of hydrogen-bond donors (Lipinski definition) is 2. The lowest BCUT2D eigenvalue weighted by molar-refractivity contribution is 0.743. The van der Waals surface area contributed by atoms with E-state index < -0.39 is 0 Å². The van der Waals surface area contributed by atoms with Crippen molar-refractivity contribution in [3.63, 3.8) is 0 Å². The Morgan fingerprint density at radius 1 is 1.24 bits per heavy atom. The van der Waals surface area contributed by atoms with Crippen molar-refractivity contribution in [1.82, 2.24) is 14.8 Å². The molecule has 0 aliphatic carbocycles. The van der Waals surface area contributed by atoms with Gasteiger partial charge in [0, 0.05) is 25.4 Å². The van der Waals surface area contributed by atoms with Crippen LogP contribution in [0.25, 0.3) is 0 Å². The van der Waals surface area contributed by atoms with Crippen molar-refractivity contribution in [2.24, 2.45) is 7.05 Å². The van der Waals surface area contributed by atoms with E-state index in [1.807, 2.05) is 30.8 Å². The molecule has 5 heteroatoms. The lowest BCUT2D eigenvalue weighted by atomic mass is 10.3. The molecule has 0 spiro atoms. The van der Waals surface area contributed by atoms with E-state index in [9.17, 15) is 0 Å². The summed E-state index contributed by atoms with van der Waals surface area (Å²) in [5.41, 5.74) is 3.05. The van der Waals surface area contributed by atoms with Gasteiger partial charge in [0.2, 0.25) is 0 Å². The van der Waals surface area contributed by atoms with E-state index in [0.29, 0.717) is 0 Å². The average molecular weight is 231 g/mol. The fraction of sp³-hybridized carbons (Fsp3) is 0.333. The van der Waals surface area contributed by atoms with Gasteiger partial charge in [-0.05, 0) is 19.9 Å². The van der Waals surface area contributed by atoms with E-state index in [-0.39, 0.29) is 0 Å². The normalized spacial score (nSPS) is 10.3. The summed E-state index contributed by atoms with van der Waals surface area (Å²) in [6, 6.07) is 4.01. The first-order valence-electron chi connectivity index (χ1n) is 5.65. The number of rotatable bonds is 4. The van der Waals surface area contributed by atoms with E-state index in [1.54, 1.807) is 12.4 Å². The number of aryl methyl sites for hydroxylation is 2.